The minimum Gasteiger partial charge on any atom is -0.379 e. The van der Waals surface area contributed by atoms with E-state index in [0.29, 0.717) is 5.25 Å². The van der Waals surface area contributed by atoms with Gasteiger partial charge >= 0.3 is 0 Å². The Bertz CT molecular complexity index is 344. The average Bonchev–Trinajstić information content (AvgIpc) is 2.18. The molecule has 3 nitrogen and oxygen atoms in total. The molecule has 5 heteroatoms. The molecule has 0 unspecified atom stereocenters. The van der Waals surface area contributed by atoms with Gasteiger partial charge in [-0.1, -0.05) is 11.6 Å². The van der Waals surface area contributed by atoms with Crippen LogP contribution in [0.15, 0.2) is 12.1 Å². The number of ether oxygens (including phenoxy) is 1. The van der Waals surface area contributed by atoms with Crippen molar-refractivity contribution >= 4 is 29.2 Å². The number of halogens is 1. The molecule has 82 valence electrons. The zero-order valence-electron chi connectivity index (χ0n) is 8.50. The van der Waals surface area contributed by atoms with E-state index in [1.54, 1.807) is 0 Å². The number of anilines is 1. The molecule has 0 aromatic carbocycles. The van der Waals surface area contributed by atoms with Crippen molar-refractivity contribution in [1.29, 1.82) is 0 Å². The van der Waals surface area contributed by atoms with Crippen LogP contribution in [0.5, 0.6) is 0 Å². The normalized spacial score (nSPS) is 16.1. The molecule has 0 saturated carbocycles. The number of aromatic nitrogens is 1. The zero-order chi connectivity index (χ0) is 10.7. The molecule has 1 aliphatic rings. The van der Waals surface area contributed by atoms with Crippen LogP contribution < -0.4 is 5.32 Å². The van der Waals surface area contributed by atoms with Crippen LogP contribution in [-0.2, 0) is 10.5 Å². The first-order chi connectivity index (χ1) is 7.29. The fraction of sp³-hybridized carbons (Fsp3) is 0.500. The van der Waals surface area contributed by atoms with Gasteiger partial charge in [0.15, 0.2) is 0 Å². The highest BCUT2D eigenvalue weighted by Crippen LogP contribution is 2.26. The van der Waals surface area contributed by atoms with Crippen molar-refractivity contribution in [3.63, 3.8) is 0 Å². The number of rotatable bonds is 4. The number of nitrogens with zero attached hydrogens (tertiary/aromatic N) is 1. The van der Waals surface area contributed by atoms with E-state index in [9.17, 15) is 0 Å². The summed E-state index contributed by atoms with van der Waals surface area (Å²) in [5.41, 5.74) is 0.945. The number of nitrogens with one attached hydrogen (secondary N) is 1. The lowest BCUT2D eigenvalue weighted by atomic mass is 10.3. The first-order valence-electron chi connectivity index (χ1n) is 4.82. The van der Waals surface area contributed by atoms with Gasteiger partial charge in [-0.25, -0.2) is 4.98 Å². The van der Waals surface area contributed by atoms with E-state index < -0.39 is 0 Å². The van der Waals surface area contributed by atoms with Crippen LogP contribution >= 0.6 is 23.4 Å². The van der Waals surface area contributed by atoms with Gasteiger partial charge < -0.3 is 10.1 Å². The van der Waals surface area contributed by atoms with Gasteiger partial charge in [-0.2, -0.15) is 0 Å². The summed E-state index contributed by atoms with van der Waals surface area (Å²) in [5.74, 6) is 1.71. The summed E-state index contributed by atoms with van der Waals surface area (Å²) in [4.78, 5) is 4.42. The van der Waals surface area contributed by atoms with E-state index in [-0.39, 0.29) is 0 Å². The second kappa shape index (κ2) is 5.05. The zero-order valence-corrected chi connectivity index (χ0v) is 10.1. The number of thioether (sulfide) groups is 1. The molecule has 1 N–H and O–H groups in total. The summed E-state index contributed by atoms with van der Waals surface area (Å²) in [6.07, 6.45) is 0. The van der Waals surface area contributed by atoms with Crippen LogP contribution in [0.25, 0.3) is 0 Å². The Morgan fingerprint density at radius 2 is 2.40 bits per heavy atom. The number of hydrogen-bond donors (Lipinski definition) is 1. The van der Waals surface area contributed by atoms with E-state index in [0.717, 1.165) is 35.5 Å². The molecule has 2 heterocycles. The average molecular weight is 245 g/mol. The smallest absolute Gasteiger partial charge is 0.126 e. The van der Waals surface area contributed by atoms with Crippen molar-refractivity contribution in [2.45, 2.75) is 11.0 Å². The Morgan fingerprint density at radius 1 is 1.60 bits per heavy atom. The Hall–Kier alpha value is -0.450. The Balaban J connectivity index is 1.98. The maximum atomic E-state index is 6.06. The van der Waals surface area contributed by atoms with E-state index >= 15 is 0 Å². The highest BCUT2D eigenvalue weighted by Gasteiger charge is 2.19. The quantitative estimate of drug-likeness (QED) is 0.882. The molecular weight excluding hydrogens is 232 g/mol. The maximum Gasteiger partial charge on any atom is 0.126 e. The van der Waals surface area contributed by atoms with Gasteiger partial charge in [0.25, 0.3) is 0 Å². The molecule has 1 fully saturated rings. The molecule has 1 aliphatic heterocycles. The molecule has 2 rings (SSSR count). The lowest BCUT2D eigenvalue weighted by Crippen LogP contribution is -2.30. The first-order valence-corrected chi connectivity index (χ1v) is 6.25. The summed E-state index contributed by atoms with van der Waals surface area (Å²) in [7, 11) is 1.85. The predicted molar refractivity (Wildman–Crippen MR) is 64.7 cm³/mol. The molecule has 0 bridgehead atoms. The summed E-state index contributed by atoms with van der Waals surface area (Å²) < 4.78 is 5.11. The lowest BCUT2D eigenvalue weighted by molar-refractivity contribution is 0.0455. The second-order valence-electron chi connectivity index (χ2n) is 3.35. The van der Waals surface area contributed by atoms with Crippen LogP contribution in [0.2, 0.25) is 5.02 Å². The Labute approximate surface area is 98.6 Å². The maximum absolute atomic E-state index is 6.06. The van der Waals surface area contributed by atoms with Crippen LogP contribution in [0, 0.1) is 0 Å². The van der Waals surface area contributed by atoms with Crippen molar-refractivity contribution in [2.24, 2.45) is 0 Å². The summed E-state index contributed by atoms with van der Waals surface area (Å²) in [6.45, 7) is 1.71. The highest BCUT2D eigenvalue weighted by atomic mass is 35.5. The van der Waals surface area contributed by atoms with Crippen molar-refractivity contribution in [3.05, 3.63) is 22.8 Å². The predicted octanol–water partition coefficient (Wildman–Crippen LogP) is 2.41. The van der Waals surface area contributed by atoms with E-state index in [4.69, 9.17) is 16.3 Å². The monoisotopic (exact) mass is 244 g/mol. The second-order valence-corrected chi connectivity index (χ2v) is 5.04. The molecule has 1 saturated heterocycles. The SMILES string of the molecule is CNc1ccc(Cl)c(CSC2COC2)n1. The molecule has 15 heavy (non-hydrogen) atoms. The van der Waals surface area contributed by atoms with E-state index in [1.165, 1.54) is 0 Å². The van der Waals surface area contributed by atoms with Gasteiger partial charge in [0, 0.05) is 12.8 Å². The Kier molecular flexibility index (Phi) is 3.72. The number of hydrogen-bond acceptors (Lipinski definition) is 4. The molecular formula is C10H13ClN2OS. The summed E-state index contributed by atoms with van der Waals surface area (Å²) >= 11 is 7.91. The third-order valence-corrected chi connectivity index (χ3v) is 3.77. The van der Waals surface area contributed by atoms with E-state index in [1.807, 2.05) is 30.9 Å². The minimum absolute atomic E-state index is 0.612. The number of pyridine rings is 1. The van der Waals surface area contributed by atoms with Gasteiger partial charge in [-0.3, -0.25) is 0 Å². The molecule has 0 spiro atoms. The molecule has 0 radical (unpaired) electrons. The standard InChI is InChI=1S/C10H13ClN2OS/c1-12-10-3-2-8(11)9(13-10)6-15-7-4-14-5-7/h2-3,7H,4-6H2,1H3,(H,12,13). The van der Waals surface area contributed by atoms with Crippen LogP contribution in [-0.4, -0.2) is 30.5 Å². The van der Waals surface area contributed by atoms with Crippen molar-refractivity contribution in [1.82, 2.24) is 4.98 Å². The molecule has 0 amide bonds. The highest BCUT2D eigenvalue weighted by molar-refractivity contribution is 7.99. The van der Waals surface area contributed by atoms with Crippen LogP contribution in [0.1, 0.15) is 5.69 Å². The molecule has 1 aromatic heterocycles. The van der Waals surface area contributed by atoms with Crippen molar-refractivity contribution in [3.8, 4) is 0 Å². The topological polar surface area (TPSA) is 34.1 Å². The van der Waals surface area contributed by atoms with Gasteiger partial charge in [0.1, 0.15) is 5.82 Å². The van der Waals surface area contributed by atoms with Crippen LogP contribution in [0.3, 0.4) is 0 Å². The van der Waals surface area contributed by atoms with Gasteiger partial charge in [-0.05, 0) is 12.1 Å². The van der Waals surface area contributed by atoms with Crippen molar-refractivity contribution < 1.29 is 4.74 Å². The minimum atomic E-state index is 0.612. The van der Waals surface area contributed by atoms with Crippen molar-refractivity contribution in [2.75, 3.05) is 25.6 Å². The molecule has 1 aromatic rings. The third-order valence-electron chi connectivity index (χ3n) is 2.24. The third kappa shape index (κ3) is 2.77. The lowest BCUT2D eigenvalue weighted by Gasteiger charge is -2.25. The molecule has 0 aliphatic carbocycles. The summed E-state index contributed by atoms with van der Waals surface area (Å²) in [5, 5.41) is 4.36. The van der Waals surface area contributed by atoms with Gasteiger partial charge in [-0.15, -0.1) is 11.8 Å². The fourth-order valence-corrected chi connectivity index (χ4v) is 2.48. The Morgan fingerprint density at radius 3 is 3.00 bits per heavy atom. The van der Waals surface area contributed by atoms with Crippen LogP contribution in [0.4, 0.5) is 5.82 Å². The molecule has 0 atom stereocenters. The van der Waals surface area contributed by atoms with E-state index in [2.05, 4.69) is 10.3 Å². The largest absolute Gasteiger partial charge is 0.379 e. The van der Waals surface area contributed by atoms with Gasteiger partial charge in [0.2, 0.25) is 0 Å². The first kappa shape index (κ1) is 11.0. The van der Waals surface area contributed by atoms with Gasteiger partial charge in [0.05, 0.1) is 29.2 Å². The fourth-order valence-electron chi connectivity index (χ4n) is 1.23. The summed E-state index contributed by atoms with van der Waals surface area (Å²) in [6, 6.07) is 3.76.